The van der Waals surface area contributed by atoms with Gasteiger partial charge in [-0.2, -0.15) is 0 Å². The maximum Gasteiger partial charge on any atom is 0.325 e. The third-order valence-corrected chi connectivity index (χ3v) is 2.61. The van der Waals surface area contributed by atoms with E-state index in [1.807, 2.05) is 6.92 Å². The van der Waals surface area contributed by atoms with E-state index in [-0.39, 0.29) is 18.2 Å². The van der Waals surface area contributed by atoms with Crippen LogP contribution in [0.25, 0.3) is 0 Å². The average Bonchev–Trinajstić information content (AvgIpc) is 2.31. The Balaban J connectivity index is 2.39. The number of unbranched alkanes of at least 4 members (excludes halogenated alkanes) is 1. The van der Waals surface area contributed by atoms with Gasteiger partial charge in [0, 0.05) is 4.47 Å². The Morgan fingerprint density at radius 1 is 1.53 bits per heavy atom. The molecule has 0 aliphatic heterocycles. The quantitative estimate of drug-likeness (QED) is 0.647. The first-order valence-electron chi connectivity index (χ1n) is 5.48. The number of halogens is 2. The molecule has 3 nitrogen and oxygen atoms in total. The molecular weight excluding hydrogens is 289 g/mol. The van der Waals surface area contributed by atoms with Crippen molar-refractivity contribution < 1.29 is 13.9 Å². The smallest absolute Gasteiger partial charge is 0.325 e. The van der Waals surface area contributed by atoms with Gasteiger partial charge in [-0.25, -0.2) is 4.39 Å². The van der Waals surface area contributed by atoms with Crippen LogP contribution in [-0.2, 0) is 9.53 Å². The fourth-order valence-electron chi connectivity index (χ4n) is 1.18. The number of hydrogen-bond donors (Lipinski definition) is 1. The number of benzene rings is 1. The van der Waals surface area contributed by atoms with Gasteiger partial charge in [-0.15, -0.1) is 0 Å². The molecule has 0 aromatic heterocycles. The molecule has 0 saturated carbocycles. The molecule has 0 heterocycles. The minimum atomic E-state index is -0.394. The predicted molar refractivity (Wildman–Crippen MR) is 68.5 cm³/mol. The second-order valence-corrected chi connectivity index (χ2v) is 4.47. The minimum absolute atomic E-state index is 0.0307. The van der Waals surface area contributed by atoms with Crippen LogP contribution < -0.4 is 5.32 Å². The Labute approximate surface area is 108 Å². The van der Waals surface area contributed by atoms with Crippen LogP contribution in [0, 0.1) is 5.82 Å². The zero-order valence-corrected chi connectivity index (χ0v) is 11.2. The molecule has 0 spiro atoms. The van der Waals surface area contributed by atoms with E-state index in [0.717, 1.165) is 17.3 Å². The molecule has 17 heavy (non-hydrogen) atoms. The Morgan fingerprint density at radius 2 is 2.29 bits per heavy atom. The van der Waals surface area contributed by atoms with E-state index in [9.17, 15) is 9.18 Å². The molecule has 0 bridgehead atoms. The summed E-state index contributed by atoms with van der Waals surface area (Å²) in [5.74, 6) is -0.771. The van der Waals surface area contributed by atoms with E-state index in [0.29, 0.717) is 6.61 Å². The van der Waals surface area contributed by atoms with E-state index < -0.39 is 5.82 Å². The highest BCUT2D eigenvalue weighted by molar-refractivity contribution is 9.10. The molecule has 0 amide bonds. The first-order valence-corrected chi connectivity index (χ1v) is 6.27. The Hall–Kier alpha value is -1.10. The summed E-state index contributed by atoms with van der Waals surface area (Å²) in [5.41, 5.74) is 0.284. The van der Waals surface area contributed by atoms with E-state index in [4.69, 9.17) is 4.74 Å². The van der Waals surface area contributed by atoms with Crippen LogP contribution in [0.1, 0.15) is 19.8 Å². The van der Waals surface area contributed by atoms with Crippen LogP contribution in [0.15, 0.2) is 22.7 Å². The summed E-state index contributed by atoms with van der Waals surface area (Å²) in [7, 11) is 0. The SMILES string of the molecule is CCCCOC(=O)CNc1cc(Br)ccc1F. The van der Waals surface area contributed by atoms with Gasteiger partial charge in [0.05, 0.1) is 12.3 Å². The molecule has 0 atom stereocenters. The molecule has 0 radical (unpaired) electrons. The molecule has 0 saturated heterocycles. The van der Waals surface area contributed by atoms with Crippen LogP contribution in [0.5, 0.6) is 0 Å². The third kappa shape index (κ3) is 5.17. The average molecular weight is 304 g/mol. The number of hydrogen-bond acceptors (Lipinski definition) is 3. The van der Waals surface area contributed by atoms with Crippen molar-refractivity contribution in [2.75, 3.05) is 18.5 Å². The van der Waals surface area contributed by atoms with Crippen molar-refractivity contribution in [3.05, 3.63) is 28.5 Å². The van der Waals surface area contributed by atoms with Crippen molar-refractivity contribution >= 4 is 27.6 Å². The van der Waals surface area contributed by atoms with E-state index in [1.54, 1.807) is 12.1 Å². The van der Waals surface area contributed by atoms with Crippen molar-refractivity contribution in [3.63, 3.8) is 0 Å². The molecule has 0 unspecified atom stereocenters. The molecule has 0 aliphatic rings. The largest absolute Gasteiger partial charge is 0.464 e. The van der Waals surface area contributed by atoms with Crippen molar-refractivity contribution in [2.24, 2.45) is 0 Å². The summed E-state index contributed by atoms with van der Waals surface area (Å²) in [5, 5.41) is 2.70. The molecule has 1 rings (SSSR count). The van der Waals surface area contributed by atoms with Crippen molar-refractivity contribution in [2.45, 2.75) is 19.8 Å². The lowest BCUT2D eigenvalue weighted by atomic mass is 10.3. The molecule has 0 aliphatic carbocycles. The highest BCUT2D eigenvalue weighted by Crippen LogP contribution is 2.19. The van der Waals surface area contributed by atoms with Crippen LogP contribution in [-0.4, -0.2) is 19.1 Å². The van der Waals surface area contributed by atoms with E-state index >= 15 is 0 Å². The molecule has 0 fully saturated rings. The van der Waals surface area contributed by atoms with Gasteiger partial charge in [-0.05, 0) is 24.6 Å². The van der Waals surface area contributed by atoms with Gasteiger partial charge >= 0.3 is 5.97 Å². The standard InChI is InChI=1S/C12H15BrFNO2/c1-2-3-6-17-12(16)8-15-11-7-9(13)4-5-10(11)14/h4-5,7,15H,2-3,6,8H2,1H3. The van der Waals surface area contributed by atoms with Gasteiger partial charge in [0.1, 0.15) is 12.4 Å². The van der Waals surface area contributed by atoms with Gasteiger partial charge in [0.25, 0.3) is 0 Å². The molecule has 5 heteroatoms. The van der Waals surface area contributed by atoms with Crippen molar-refractivity contribution in [1.82, 2.24) is 0 Å². The number of carbonyl (C=O) groups excluding carboxylic acids is 1. The highest BCUT2D eigenvalue weighted by atomic mass is 79.9. The van der Waals surface area contributed by atoms with Crippen LogP contribution in [0.2, 0.25) is 0 Å². The number of anilines is 1. The Morgan fingerprint density at radius 3 is 3.00 bits per heavy atom. The molecular formula is C12H15BrFNO2. The van der Waals surface area contributed by atoms with Gasteiger partial charge in [0.15, 0.2) is 0 Å². The van der Waals surface area contributed by atoms with Gasteiger partial charge in [0.2, 0.25) is 0 Å². The second-order valence-electron chi connectivity index (χ2n) is 3.55. The van der Waals surface area contributed by atoms with Gasteiger partial charge in [-0.1, -0.05) is 29.3 Å². The minimum Gasteiger partial charge on any atom is -0.464 e. The fraction of sp³-hybridized carbons (Fsp3) is 0.417. The predicted octanol–water partition coefficient (Wildman–Crippen LogP) is 3.34. The normalized spacial score (nSPS) is 10.1. The lowest BCUT2D eigenvalue weighted by Crippen LogP contribution is -2.17. The summed E-state index contributed by atoms with van der Waals surface area (Å²) >= 11 is 3.23. The Kier molecular flexibility index (Phi) is 5.97. The lowest BCUT2D eigenvalue weighted by Gasteiger charge is -2.08. The molecule has 1 aromatic rings. The number of carbonyl (C=O) groups is 1. The summed E-state index contributed by atoms with van der Waals surface area (Å²) in [6.07, 6.45) is 1.82. The summed E-state index contributed by atoms with van der Waals surface area (Å²) in [4.78, 5) is 11.3. The fourth-order valence-corrected chi connectivity index (χ4v) is 1.54. The first kappa shape index (κ1) is 14.0. The van der Waals surface area contributed by atoms with Gasteiger partial charge < -0.3 is 10.1 Å². The van der Waals surface area contributed by atoms with Crippen molar-refractivity contribution in [3.8, 4) is 0 Å². The molecule has 1 N–H and O–H groups in total. The number of esters is 1. The maximum absolute atomic E-state index is 13.3. The number of rotatable bonds is 6. The van der Waals surface area contributed by atoms with E-state index in [1.165, 1.54) is 6.07 Å². The summed E-state index contributed by atoms with van der Waals surface area (Å²) < 4.78 is 19.0. The van der Waals surface area contributed by atoms with Crippen LogP contribution >= 0.6 is 15.9 Å². The molecule has 1 aromatic carbocycles. The number of ether oxygens (including phenoxy) is 1. The van der Waals surface area contributed by atoms with Crippen LogP contribution in [0.3, 0.4) is 0 Å². The van der Waals surface area contributed by atoms with E-state index in [2.05, 4.69) is 21.2 Å². The number of nitrogens with one attached hydrogen (secondary N) is 1. The second kappa shape index (κ2) is 7.27. The zero-order valence-electron chi connectivity index (χ0n) is 9.63. The lowest BCUT2D eigenvalue weighted by molar-refractivity contribution is -0.141. The van der Waals surface area contributed by atoms with Crippen LogP contribution in [0.4, 0.5) is 10.1 Å². The summed E-state index contributed by atoms with van der Waals surface area (Å²) in [6.45, 7) is 2.40. The first-order chi connectivity index (χ1) is 8.13. The topological polar surface area (TPSA) is 38.3 Å². The third-order valence-electron chi connectivity index (χ3n) is 2.11. The monoisotopic (exact) mass is 303 g/mol. The molecule has 94 valence electrons. The zero-order chi connectivity index (χ0) is 12.7. The Bertz CT molecular complexity index is 385. The van der Waals surface area contributed by atoms with Crippen molar-refractivity contribution in [1.29, 1.82) is 0 Å². The summed E-state index contributed by atoms with van der Waals surface area (Å²) in [6, 6.07) is 4.50. The van der Waals surface area contributed by atoms with Gasteiger partial charge in [-0.3, -0.25) is 4.79 Å². The highest BCUT2D eigenvalue weighted by Gasteiger charge is 2.06. The maximum atomic E-state index is 13.3.